The minimum Gasteiger partial charge on any atom is -0.357 e. The smallest absolute Gasteiger partial charge is 0.242 e. The van der Waals surface area contributed by atoms with E-state index in [1.807, 2.05) is 63.2 Å². The molecule has 0 spiro atoms. The third kappa shape index (κ3) is 5.19. The van der Waals surface area contributed by atoms with E-state index in [1.165, 1.54) is 0 Å². The SMILES string of the molecule is CCC(C(=O)NC)N(Cc1cccc(C)c1)C(=O)Cc1ccc(C)cc1. The Labute approximate surface area is 156 Å². The van der Waals surface area contributed by atoms with Crippen LogP contribution in [0.3, 0.4) is 0 Å². The van der Waals surface area contributed by atoms with Crippen LogP contribution in [0.25, 0.3) is 0 Å². The van der Waals surface area contributed by atoms with E-state index in [-0.39, 0.29) is 11.8 Å². The number of amides is 2. The maximum absolute atomic E-state index is 13.1. The molecule has 1 atom stereocenters. The van der Waals surface area contributed by atoms with Gasteiger partial charge in [-0.1, -0.05) is 66.6 Å². The molecule has 26 heavy (non-hydrogen) atoms. The molecule has 2 rings (SSSR count). The molecular formula is C22H28N2O2. The zero-order valence-corrected chi connectivity index (χ0v) is 16.1. The van der Waals surface area contributed by atoms with Crippen molar-refractivity contribution in [1.82, 2.24) is 10.2 Å². The van der Waals surface area contributed by atoms with Crippen molar-refractivity contribution < 1.29 is 9.59 Å². The Morgan fingerprint density at radius 1 is 1.00 bits per heavy atom. The van der Waals surface area contributed by atoms with Gasteiger partial charge in [0, 0.05) is 13.6 Å². The lowest BCUT2D eigenvalue weighted by Crippen LogP contribution is -2.48. The monoisotopic (exact) mass is 352 g/mol. The summed E-state index contributed by atoms with van der Waals surface area (Å²) >= 11 is 0. The number of nitrogens with one attached hydrogen (secondary N) is 1. The molecule has 0 bridgehead atoms. The summed E-state index contributed by atoms with van der Waals surface area (Å²) in [5.74, 6) is -0.164. The second kappa shape index (κ2) is 9.18. The zero-order valence-electron chi connectivity index (χ0n) is 16.1. The third-order valence-electron chi connectivity index (χ3n) is 4.54. The zero-order chi connectivity index (χ0) is 19.1. The van der Waals surface area contributed by atoms with Gasteiger partial charge in [0.05, 0.1) is 6.42 Å². The quantitative estimate of drug-likeness (QED) is 0.830. The minimum atomic E-state index is -0.474. The Morgan fingerprint density at radius 2 is 1.69 bits per heavy atom. The first-order valence-electron chi connectivity index (χ1n) is 9.06. The fourth-order valence-electron chi connectivity index (χ4n) is 3.08. The highest BCUT2D eigenvalue weighted by molar-refractivity contribution is 5.88. The summed E-state index contributed by atoms with van der Waals surface area (Å²) in [6, 6.07) is 15.5. The first-order chi connectivity index (χ1) is 12.4. The minimum absolute atomic E-state index is 0.0363. The molecule has 0 saturated carbocycles. The molecule has 138 valence electrons. The Balaban J connectivity index is 2.27. The van der Waals surface area contributed by atoms with Crippen molar-refractivity contribution in [1.29, 1.82) is 0 Å². The Morgan fingerprint density at radius 3 is 2.27 bits per heavy atom. The van der Waals surface area contributed by atoms with Crippen molar-refractivity contribution in [2.75, 3.05) is 7.05 Å². The molecule has 4 heteroatoms. The normalized spacial score (nSPS) is 11.7. The Hall–Kier alpha value is -2.62. The van der Waals surface area contributed by atoms with Crippen LogP contribution >= 0.6 is 0 Å². The largest absolute Gasteiger partial charge is 0.357 e. The van der Waals surface area contributed by atoms with Crippen LogP contribution in [0.2, 0.25) is 0 Å². The first-order valence-corrected chi connectivity index (χ1v) is 9.06. The van der Waals surface area contributed by atoms with Crippen LogP contribution in [0, 0.1) is 13.8 Å². The first kappa shape index (κ1) is 19.7. The number of hydrogen-bond acceptors (Lipinski definition) is 2. The molecule has 4 nitrogen and oxygen atoms in total. The second-order valence-electron chi connectivity index (χ2n) is 6.71. The van der Waals surface area contributed by atoms with Gasteiger partial charge in [0.1, 0.15) is 6.04 Å². The molecule has 2 amide bonds. The van der Waals surface area contributed by atoms with E-state index in [0.29, 0.717) is 19.4 Å². The maximum atomic E-state index is 13.1. The molecule has 2 aromatic carbocycles. The molecule has 2 aromatic rings. The lowest BCUT2D eigenvalue weighted by Gasteiger charge is -2.30. The average Bonchev–Trinajstić information content (AvgIpc) is 2.63. The van der Waals surface area contributed by atoms with Crippen LogP contribution in [-0.2, 0) is 22.6 Å². The van der Waals surface area contributed by atoms with Gasteiger partial charge in [-0.15, -0.1) is 0 Å². The van der Waals surface area contributed by atoms with Crippen molar-refractivity contribution in [2.24, 2.45) is 0 Å². The van der Waals surface area contributed by atoms with E-state index < -0.39 is 6.04 Å². The number of carbonyl (C=O) groups is 2. The maximum Gasteiger partial charge on any atom is 0.242 e. The van der Waals surface area contributed by atoms with Crippen LogP contribution in [0.1, 0.15) is 35.6 Å². The van der Waals surface area contributed by atoms with Gasteiger partial charge in [0.25, 0.3) is 0 Å². The summed E-state index contributed by atoms with van der Waals surface area (Å²) in [5.41, 5.74) is 4.29. The highest BCUT2D eigenvalue weighted by Gasteiger charge is 2.27. The van der Waals surface area contributed by atoms with E-state index in [4.69, 9.17) is 0 Å². The number of nitrogens with zero attached hydrogens (tertiary/aromatic N) is 1. The topological polar surface area (TPSA) is 49.4 Å². The van der Waals surface area contributed by atoms with Crippen LogP contribution < -0.4 is 5.32 Å². The summed E-state index contributed by atoms with van der Waals surface area (Å²) < 4.78 is 0. The molecule has 1 N–H and O–H groups in total. The molecule has 0 fully saturated rings. The van der Waals surface area contributed by atoms with E-state index in [2.05, 4.69) is 11.4 Å². The molecule has 0 aliphatic rings. The summed E-state index contributed by atoms with van der Waals surface area (Å²) in [6.07, 6.45) is 0.866. The number of aryl methyl sites for hydroxylation is 2. The lowest BCUT2D eigenvalue weighted by molar-refractivity contribution is -0.140. The summed E-state index contributed by atoms with van der Waals surface area (Å²) in [7, 11) is 1.61. The predicted octanol–water partition coefficient (Wildman–Crippen LogP) is 3.40. The van der Waals surface area contributed by atoms with Gasteiger partial charge in [-0.05, 0) is 31.4 Å². The van der Waals surface area contributed by atoms with Gasteiger partial charge in [-0.3, -0.25) is 9.59 Å². The van der Waals surface area contributed by atoms with Gasteiger partial charge in [-0.2, -0.15) is 0 Å². The molecule has 0 heterocycles. The average molecular weight is 352 g/mol. The van der Waals surface area contributed by atoms with Crippen molar-refractivity contribution in [2.45, 2.75) is 46.2 Å². The van der Waals surface area contributed by atoms with E-state index >= 15 is 0 Å². The fourth-order valence-corrected chi connectivity index (χ4v) is 3.08. The fraction of sp³-hybridized carbons (Fsp3) is 0.364. The highest BCUT2D eigenvalue weighted by atomic mass is 16.2. The molecule has 0 aliphatic heterocycles. The molecule has 0 radical (unpaired) electrons. The number of likely N-dealkylation sites (N-methyl/N-ethyl adjacent to an activating group) is 1. The highest BCUT2D eigenvalue weighted by Crippen LogP contribution is 2.16. The molecule has 0 saturated heterocycles. The van der Waals surface area contributed by atoms with Gasteiger partial charge in [-0.25, -0.2) is 0 Å². The molecular weight excluding hydrogens is 324 g/mol. The second-order valence-corrected chi connectivity index (χ2v) is 6.71. The Bertz CT molecular complexity index is 753. The van der Waals surface area contributed by atoms with Crippen LogP contribution in [0.15, 0.2) is 48.5 Å². The molecule has 0 aliphatic carbocycles. The van der Waals surface area contributed by atoms with Gasteiger partial charge < -0.3 is 10.2 Å². The van der Waals surface area contributed by atoms with E-state index in [0.717, 1.165) is 22.3 Å². The van der Waals surface area contributed by atoms with Crippen molar-refractivity contribution in [3.8, 4) is 0 Å². The summed E-state index contributed by atoms with van der Waals surface area (Å²) in [6.45, 7) is 6.41. The van der Waals surface area contributed by atoms with E-state index in [1.54, 1.807) is 11.9 Å². The standard InChI is InChI=1S/C22H28N2O2/c1-5-20(22(26)23-4)24(15-19-8-6-7-17(3)13-19)21(25)14-18-11-9-16(2)10-12-18/h6-13,20H,5,14-15H2,1-4H3,(H,23,26). The molecule has 1 unspecified atom stereocenters. The Kier molecular flexibility index (Phi) is 6.96. The van der Waals surface area contributed by atoms with Crippen LogP contribution in [0.5, 0.6) is 0 Å². The van der Waals surface area contributed by atoms with Crippen LogP contribution in [0.4, 0.5) is 0 Å². The van der Waals surface area contributed by atoms with Gasteiger partial charge >= 0.3 is 0 Å². The number of hydrogen-bond donors (Lipinski definition) is 1. The lowest BCUT2D eigenvalue weighted by atomic mass is 10.0. The van der Waals surface area contributed by atoms with Crippen molar-refractivity contribution in [3.05, 3.63) is 70.8 Å². The number of benzene rings is 2. The number of carbonyl (C=O) groups excluding carboxylic acids is 2. The summed E-state index contributed by atoms with van der Waals surface area (Å²) in [5, 5.41) is 2.69. The molecule has 0 aromatic heterocycles. The van der Waals surface area contributed by atoms with Gasteiger partial charge in [0.2, 0.25) is 11.8 Å². The van der Waals surface area contributed by atoms with Crippen molar-refractivity contribution >= 4 is 11.8 Å². The van der Waals surface area contributed by atoms with Crippen LogP contribution in [-0.4, -0.2) is 29.8 Å². The third-order valence-corrected chi connectivity index (χ3v) is 4.54. The summed E-state index contributed by atoms with van der Waals surface area (Å²) in [4.78, 5) is 27.1. The number of rotatable bonds is 7. The van der Waals surface area contributed by atoms with E-state index in [9.17, 15) is 9.59 Å². The van der Waals surface area contributed by atoms with Crippen molar-refractivity contribution in [3.63, 3.8) is 0 Å². The van der Waals surface area contributed by atoms with Gasteiger partial charge in [0.15, 0.2) is 0 Å². The predicted molar refractivity (Wildman–Crippen MR) is 105 cm³/mol.